The summed E-state index contributed by atoms with van der Waals surface area (Å²) in [6.07, 6.45) is 2.46. The molecule has 1 aliphatic rings. The standard InChI is InChI=1S/C20H19ClN2O3S/c1-12-8-15(4-6-17(12)21)25-10-16-5-7-18(26-16)19(24)22-9-14-11-27-20(23-14)13-2-3-13/h4-8,11,13H,2-3,9-10H2,1H3,(H,22,24). The van der Waals surface area contributed by atoms with Crippen molar-refractivity contribution in [1.82, 2.24) is 10.3 Å². The molecule has 1 N–H and O–H groups in total. The van der Waals surface area contributed by atoms with Crippen molar-refractivity contribution >= 4 is 28.8 Å². The molecule has 0 saturated heterocycles. The molecule has 5 nitrogen and oxygen atoms in total. The highest BCUT2D eigenvalue weighted by molar-refractivity contribution is 7.09. The largest absolute Gasteiger partial charge is 0.486 e. The second-order valence-electron chi connectivity index (χ2n) is 6.60. The fraction of sp³-hybridized carbons (Fsp3) is 0.300. The second-order valence-corrected chi connectivity index (χ2v) is 7.90. The first kappa shape index (κ1) is 18.1. The minimum atomic E-state index is -0.260. The summed E-state index contributed by atoms with van der Waals surface area (Å²) in [4.78, 5) is 16.8. The van der Waals surface area contributed by atoms with E-state index >= 15 is 0 Å². The van der Waals surface area contributed by atoms with Gasteiger partial charge in [-0.05, 0) is 55.7 Å². The van der Waals surface area contributed by atoms with E-state index in [-0.39, 0.29) is 18.3 Å². The molecule has 0 unspecified atom stereocenters. The van der Waals surface area contributed by atoms with Gasteiger partial charge in [0.1, 0.15) is 18.1 Å². The Kier molecular flexibility index (Phi) is 5.18. The lowest BCUT2D eigenvalue weighted by molar-refractivity contribution is 0.0918. The number of carbonyl (C=O) groups is 1. The maximum absolute atomic E-state index is 12.3. The van der Waals surface area contributed by atoms with Crippen LogP contribution >= 0.6 is 22.9 Å². The molecule has 1 aromatic carbocycles. The molecule has 0 radical (unpaired) electrons. The monoisotopic (exact) mass is 402 g/mol. The fourth-order valence-corrected chi connectivity index (χ4v) is 3.73. The van der Waals surface area contributed by atoms with Gasteiger partial charge in [-0.25, -0.2) is 4.98 Å². The van der Waals surface area contributed by atoms with Gasteiger partial charge in [0.2, 0.25) is 0 Å². The maximum Gasteiger partial charge on any atom is 0.287 e. The number of benzene rings is 1. The molecule has 4 rings (SSSR count). The highest BCUT2D eigenvalue weighted by atomic mass is 35.5. The molecule has 1 fully saturated rings. The molecule has 3 aromatic rings. The third kappa shape index (κ3) is 4.51. The maximum atomic E-state index is 12.3. The molecule has 0 spiro atoms. The Morgan fingerprint density at radius 1 is 1.37 bits per heavy atom. The smallest absolute Gasteiger partial charge is 0.287 e. The van der Waals surface area contributed by atoms with Crippen LogP contribution in [0.2, 0.25) is 5.02 Å². The summed E-state index contributed by atoms with van der Waals surface area (Å²) >= 11 is 7.67. The SMILES string of the molecule is Cc1cc(OCc2ccc(C(=O)NCc3csc(C4CC4)n3)o2)ccc1Cl. The van der Waals surface area contributed by atoms with Gasteiger partial charge in [0, 0.05) is 16.3 Å². The van der Waals surface area contributed by atoms with E-state index in [9.17, 15) is 4.79 Å². The number of furan rings is 1. The zero-order chi connectivity index (χ0) is 18.8. The van der Waals surface area contributed by atoms with E-state index in [2.05, 4.69) is 10.3 Å². The summed E-state index contributed by atoms with van der Waals surface area (Å²) in [5.74, 6) is 1.92. The zero-order valence-corrected chi connectivity index (χ0v) is 16.4. The van der Waals surface area contributed by atoms with E-state index in [1.54, 1.807) is 35.6 Å². The Hall–Kier alpha value is -2.31. The number of nitrogens with zero attached hydrogens (tertiary/aromatic N) is 1. The zero-order valence-electron chi connectivity index (χ0n) is 14.8. The Morgan fingerprint density at radius 3 is 3.00 bits per heavy atom. The number of amides is 1. The van der Waals surface area contributed by atoms with E-state index in [0.717, 1.165) is 11.3 Å². The van der Waals surface area contributed by atoms with Gasteiger partial charge in [-0.15, -0.1) is 11.3 Å². The van der Waals surface area contributed by atoms with Crippen LogP contribution in [-0.4, -0.2) is 10.9 Å². The molecule has 1 aliphatic carbocycles. The molecular formula is C20H19ClN2O3S. The Bertz CT molecular complexity index is 962. The predicted octanol–water partition coefficient (Wildman–Crippen LogP) is 5.08. The summed E-state index contributed by atoms with van der Waals surface area (Å²) in [7, 11) is 0. The van der Waals surface area contributed by atoms with Gasteiger partial charge in [-0.3, -0.25) is 4.79 Å². The molecule has 7 heteroatoms. The van der Waals surface area contributed by atoms with Crippen molar-refractivity contribution in [1.29, 1.82) is 0 Å². The number of hydrogen-bond donors (Lipinski definition) is 1. The van der Waals surface area contributed by atoms with Crippen molar-refractivity contribution in [3.8, 4) is 5.75 Å². The van der Waals surface area contributed by atoms with Gasteiger partial charge in [-0.2, -0.15) is 0 Å². The number of rotatable bonds is 7. The van der Waals surface area contributed by atoms with E-state index in [1.165, 1.54) is 17.8 Å². The topological polar surface area (TPSA) is 64.4 Å². The van der Waals surface area contributed by atoms with Crippen LogP contribution in [0.4, 0.5) is 0 Å². The first-order valence-corrected chi connectivity index (χ1v) is 10.0. The lowest BCUT2D eigenvalue weighted by atomic mass is 10.2. The number of carbonyl (C=O) groups excluding carboxylic acids is 1. The Morgan fingerprint density at radius 2 is 2.22 bits per heavy atom. The highest BCUT2D eigenvalue weighted by Crippen LogP contribution is 2.41. The van der Waals surface area contributed by atoms with Crippen LogP contribution in [0, 0.1) is 6.92 Å². The normalized spacial score (nSPS) is 13.6. The summed E-state index contributed by atoms with van der Waals surface area (Å²) in [6.45, 7) is 2.56. The number of hydrogen-bond acceptors (Lipinski definition) is 5. The van der Waals surface area contributed by atoms with Gasteiger partial charge in [0.05, 0.1) is 17.2 Å². The van der Waals surface area contributed by atoms with Crippen LogP contribution in [0.15, 0.2) is 40.1 Å². The van der Waals surface area contributed by atoms with E-state index in [4.69, 9.17) is 20.8 Å². The van der Waals surface area contributed by atoms with E-state index < -0.39 is 0 Å². The molecular weight excluding hydrogens is 384 g/mol. The molecule has 1 saturated carbocycles. The average molecular weight is 403 g/mol. The third-order valence-corrected chi connectivity index (χ3v) is 5.80. The van der Waals surface area contributed by atoms with E-state index in [1.807, 2.05) is 18.4 Å². The molecule has 27 heavy (non-hydrogen) atoms. The lowest BCUT2D eigenvalue weighted by Gasteiger charge is -2.06. The number of nitrogens with one attached hydrogen (secondary N) is 1. The first-order chi connectivity index (χ1) is 13.1. The number of halogens is 1. The van der Waals surface area contributed by atoms with Crippen LogP contribution in [0.5, 0.6) is 5.75 Å². The van der Waals surface area contributed by atoms with Crippen molar-refractivity contribution in [2.24, 2.45) is 0 Å². The first-order valence-electron chi connectivity index (χ1n) is 8.78. The number of ether oxygens (including phenoxy) is 1. The number of aryl methyl sites for hydroxylation is 1. The molecule has 1 amide bonds. The third-order valence-electron chi connectivity index (χ3n) is 4.32. The van der Waals surface area contributed by atoms with Crippen LogP contribution in [-0.2, 0) is 13.2 Å². The van der Waals surface area contributed by atoms with Crippen molar-refractivity contribution < 1.29 is 13.9 Å². The molecule has 140 valence electrons. The molecule has 2 heterocycles. The lowest BCUT2D eigenvalue weighted by Crippen LogP contribution is -2.22. The van der Waals surface area contributed by atoms with Gasteiger partial charge < -0.3 is 14.5 Å². The van der Waals surface area contributed by atoms with Crippen LogP contribution < -0.4 is 10.1 Å². The minimum absolute atomic E-state index is 0.241. The Labute approximate surface area is 166 Å². The van der Waals surface area contributed by atoms with Gasteiger partial charge >= 0.3 is 0 Å². The number of thiazole rings is 1. The summed E-state index contributed by atoms with van der Waals surface area (Å²) in [6, 6.07) is 8.85. The Balaban J connectivity index is 1.29. The van der Waals surface area contributed by atoms with Gasteiger partial charge in [0.15, 0.2) is 5.76 Å². The van der Waals surface area contributed by atoms with Gasteiger partial charge in [0.25, 0.3) is 5.91 Å². The molecule has 0 aliphatic heterocycles. The van der Waals surface area contributed by atoms with Crippen LogP contribution in [0.1, 0.15) is 51.3 Å². The fourth-order valence-electron chi connectivity index (χ4n) is 2.62. The number of aromatic nitrogens is 1. The summed E-state index contributed by atoms with van der Waals surface area (Å²) in [5, 5.41) is 6.72. The van der Waals surface area contributed by atoms with E-state index in [0.29, 0.717) is 29.0 Å². The second kappa shape index (κ2) is 7.74. The van der Waals surface area contributed by atoms with Crippen LogP contribution in [0.3, 0.4) is 0 Å². The van der Waals surface area contributed by atoms with Crippen LogP contribution in [0.25, 0.3) is 0 Å². The molecule has 0 atom stereocenters. The quantitative estimate of drug-likeness (QED) is 0.598. The predicted molar refractivity (Wildman–Crippen MR) is 104 cm³/mol. The minimum Gasteiger partial charge on any atom is -0.486 e. The summed E-state index contributed by atoms with van der Waals surface area (Å²) < 4.78 is 11.3. The highest BCUT2D eigenvalue weighted by Gasteiger charge is 2.26. The van der Waals surface area contributed by atoms with Crippen molar-refractivity contribution in [3.05, 3.63) is 68.5 Å². The summed E-state index contributed by atoms with van der Waals surface area (Å²) in [5.41, 5.74) is 1.84. The molecule has 2 aromatic heterocycles. The average Bonchev–Trinajstić information content (AvgIpc) is 3.22. The van der Waals surface area contributed by atoms with Crippen molar-refractivity contribution in [3.63, 3.8) is 0 Å². The van der Waals surface area contributed by atoms with Gasteiger partial charge in [-0.1, -0.05) is 11.6 Å². The van der Waals surface area contributed by atoms with Crippen molar-refractivity contribution in [2.75, 3.05) is 0 Å². The van der Waals surface area contributed by atoms with Crippen molar-refractivity contribution in [2.45, 2.75) is 38.8 Å². The molecule has 0 bridgehead atoms.